The number of likely N-dealkylation sites (tertiary alicyclic amines) is 1. The van der Waals surface area contributed by atoms with Crippen LogP contribution < -0.4 is 16.4 Å². The van der Waals surface area contributed by atoms with Crippen molar-refractivity contribution in [1.82, 2.24) is 30.4 Å². The average Bonchev–Trinajstić information content (AvgIpc) is 3.48. The Labute approximate surface area is 200 Å². The lowest BCUT2D eigenvalue weighted by Crippen LogP contribution is -2.45. The molecule has 190 valence electrons. The zero-order valence-electron chi connectivity index (χ0n) is 18.5. The Morgan fingerprint density at radius 3 is 2.72 bits per heavy atom. The number of fused-ring (bicyclic) bond motifs is 1. The number of halogens is 4. The van der Waals surface area contributed by atoms with Gasteiger partial charge in [-0.15, -0.1) is 0 Å². The first-order valence-corrected chi connectivity index (χ1v) is 10.7. The van der Waals surface area contributed by atoms with Crippen LogP contribution in [0.2, 0.25) is 0 Å². The summed E-state index contributed by atoms with van der Waals surface area (Å²) in [6.07, 6.45) is -2.64. The maximum absolute atomic E-state index is 13.5. The number of aromatic amines is 1. The van der Waals surface area contributed by atoms with Crippen molar-refractivity contribution in [3.8, 4) is 0 Å². The quantitative estimate of drug-likeness (QED) is 0.351. The standard InChI is InChI=1S/C21H20F4N8O3/c22-12-4-3-10(6-11(12)21(23,24)25)7-28-20(36)17-15-16(29-9-30-17)19(32-31-15)27-8-14(34)33-5-1-2-13(33)18(26)35/h3-4,6,9,13H,1-2,5,7-8H2,(H2,26,35)(H,28,36)(H2,27,31,32)/t13-/m0/s1. The van der Waals surface area contributed by atoms with Crippen LogP contribution in [0, 0.1) is 5.82 Å². The summed E-state index contributed by atoms with van der Waals surface area (Å²) in [7, 11) is 0. The highest BCUT2D eigenvalue weighted by atomic mass is 19.4. The molecule has 0 radical (unpaired) electrons. The fourth-order valence-electron chi connectivity index (χ4n) is 3.92. The topological polar surface area (TPSA) is 159 Å². The van der Waals surface area contributed by atoms with Crippen LogP contribution in [0.3, 0.4) is 0 Å². The van der Waals surface area contributed by atoms with Gasteiger partial charge in [-0.25, -0.2) is 14.4 Å². The molecule has 0 unspecified atom stereocenters. The molecule has 1 fully saturated rings. The molecule has 0 bridgehead atoms. The molecule has 3 aromatic rings. The van der Waals surface area contributed by atoms with Gasteiger partial charge in [-0.2, -0.15) is 18.3 Å². The number of hydrogen-bond donors (Lipinski definition) is 4. The van der Waals surface area contributed by atoms with E-state index in [1.54, 1.807) is 0 Å². The third-order valence-corrected chi connectivity index (χ3v) is 5.66. The van der Waals surface area contributed by atoms with E-state index in [1.807, 2.05) is 0 Å². The van der Waals surface area contributed by atoms with Crippen LogP contribution in [0.4, 0.5) is 23.4 Å². The van der Waals surface area contributed by atoms with E-state index < -0.39 is 35.4 Å². The summed E-state index contributed by atoms with van der Waals surface area (Å²) in [5.74, 6) is -2.95. The van der Waals surface area contributed by atoms with Crippen molar-refractivity contribution in [2.45, 2.75) is 31.6 Å². The van der Waals surface area contributed by atoms with E-state index in [1.165, 1.54) is 4.90 Å². The molecule has 36 heavy (non-hydrogen) atoms. The fraction of sp³-hybridized carbons (Fsp3) is 0.333. The lowest BCUT2D eigenvalue weighted by Gasteiger charge is -2.22. The Hall–Kier alpha value is -4.30. The van der Waals surface area contributed by atoms with Crippen LogP contribution in [0.25, 0.3) is 11.0 Å². The molecule has 4 rings (SSSR count). The van der Waals surface area contributed by atoms with Crippen LogP contribution in [0.5, 0.6) is 0 Å². The second-order valence-electron chi connectivity index (χ2n) is 8.01. The normalized spacial score (nSPS) is 15.8. The van der Waals surface area contributed by atoms with Gasteiger partial charge in [0.05, 0.1) is 12.1 Å². The van der Waals surface area contributed by atoms with Crippen molar-refractivity contribution in [1.29, 1.82) is 0 Å². The summed E-state index contributed by atoms with van der Waals surface area (Å²) in [4.78, 5) is 46.0. The number of rotatable bonds is 7. The maximum atomic E-state index is 13.5. The van der Waals surface area contributed by atoms with E-state index in [0.29, 0.717) is 31.5 Å². The van der Waals surface area contributed by atoms with Crippen molar-refractivity contribution < 1.29 is 31.9 Å². The number of primary amides is 1. The molecule has 1 aliphatic rings. The number of nitrogens with zero attached hydrogens (tertiary/aromatic N) is 4. The molecule has 11 nitrogen and oxygen atoms in total. The fourth-order valence-corrected chi connectivity index (χ4v) is 3.92. The van der Waals surface area contributed by atoms with Crippen LogP contribution in [-0.4, -0.2) is 61.9 Å². The molecule has 15 heteroatoms. The summed E-state index contributed by atoms with van der Waals surface area (Å²) < 4.78 is 52.2. The van der Waals surface area contributed by atoms with Crippen LogP contribution in [0.1, 0.15) is 34.5 Å². The van der Waals surface area contributed by atoms with Gasteiger partial charge in [0.25, 0.3) is 5.91 Å². The van der Waals surface area contributed by atoms with Gasteiger partial charge >= 0.3 is 6.18 Å². The maximum Gasteiger partial charge on any atom is 0.419 e. The zero-order valence-corrected chi connectivity index (χ0v) is 18.5. The Bertz CT molecular complexity index is 1330. The third kappa shape index (κ3) is 5.04. The Kier molecular flexibility index (Phi) is 6.72. The first-order chi connectivity index (χ1) is 17.1. The minimum absolute atomic E-state index is 0.0315. The van der Waals surface area contributed by atoms with Gasteiger partial charge in [0.15, 0.2) is 11.5 Å². The molecule has 3 amide bonds. The molecule has 0 saturated carbocycles. The zero-order chi connectivity index (χ0) is 26.0. The number of amides is 3. The highest BCUT2D eigenvalue weighted by Gasteiger charge is 2.34. The molecule has 1 aromatic carbocycles. The minimum Gasteiger partial charge on any atom is -0.368 e. The predicted molar refractivity (Wildman–Crippen MR) is 117 cm³/mol. The molecular weight excluding hydrogens is 488 g/mol. The number of carbonyl (C=O) groups excluding carboxylic acids is 3. The number of benzene rings is 1. The Balaban J connectivity index is 1.44. The number of hydrogen-bond acceptors (Lipinski definition) is 7. The Morgan fingerprint density at radius 2 is 2.00 bits per heavy atom. The number of anilines is 1. The van der Waals surface area contributed by atoms with E-state index in [9.17, 15) is 31.9 Å². The molecule has 1 atom stereocenters. The summed E-state index contributed by atoms with van der Waals surface area (Å²) in [5.41, 5.74) is 4.11. The molecule has 3 heterocycles. The first-order valence-electron chi connectivity index (χ1n) is 10.7. The van der Waals surface area contributed by atoms with Crippen molar-refractivity contribution in [2.75, 3.05) is 18.4 Å². The van der Waals surface area contributed by atoms with Crippen molar-refractivity contribution in [3.05, 3.63) is 47.2 Å². The van der Waals surface area contributed by atoms with E-state index in [0.717, 1.165) is 12.4 Å². The van der Waals surface area contributed by atoms with Gasteiger partial charge in [0.2, 0.25) is 11.8 Å². The van der Waals surface area contributed by atoms with Gasteiger partial charge in [-0.05, 0) is 30.5 Å². The molecule has 0 spiro atoms. The number of nitrogens with one attached hydrogen (secondary N) is 3. The van der Waals surface area contributed by atoms with Crippen LogP contribution in [0.15, 0.2) is 24.5 Å². The van der Waals surface area contributed by atoms with E-state index >= 15 is 0 Å². The van der Waals surface area contributed by atoms with E-state index in [-0.39, 0.29) is 47.1 Å². The van der Waals surface area contributed by atoms with Gasteiger partial charge in [0, 0.05) is 13.1 Å². The number of alkyl halides is 3. The molecule has 1 saturated heterocycles. The van der Waals surface area contributed by atoms with E-state index in [4.69, 9.17) is 5.73 Å². The number of nitrogens with two attached hydrogens (primary N) is 1. The average molecular weight is 508 g/mol. The second-order valence-corrected chi connectivity index (χ2v) is 8.01. The van der Waals surface area contributed by atoms with Crippen molar-refractivity contribution in [2.24, 2.45) is 5.73 Å². The molecule has 0 aliphatic carbocycles. The Morgan fingerprint density at radius 1 is 1.22 bits per heavy atom. The van der Waals surface area contributed by atoms with Gasteiger partial charge < -0.3 is 21.3 Å². The molecule has 5 N–H and O–H groups in total. The highest BCUT2D eigenvalue weighted by Crippen LogP contribution is 2.32. The minimum atomic E-state index is -4.88. The number of aromatic nitrogens is 4. The highest BCUT2D eigenvalue weighted by molar-refractivity contribution is 6.05. The van der Waals surface area contributed by atoms with Gasteiger partial charge in [0.1, 0.15) is 29.2 Å². The van der Waals surface area contributed by atoms with Crippen LogP contribution >= 0.6 is 0 Å². The predicted octanol–water partition coefficient (Wildman–Crippen LogP) is 1.33. The molecule has 2 aromatic heterocycles. The SMILES string of the molecule is NC(=O)[C@@H]1CCCN1C(=O)CNc1n[nH]c2c(C(=O)NCc3ccc(F)c(C(F)(F)F)c3)ncnc12. The summed E-state index contributed by atoms with van der Waals surface area (Å²) in [5, 5.41) is 11.8. The summed E-state index contributed by atoms with van der Waals surface area (Å²) in [6.45, 7) is -0.125. The number of H-pyrrole nitrogens is 1. The van der Waals surface area contributed by atoms with Gasteiger partial charge in [-0.3, -0.25) is 19.5 Å². The molecule has 1 aliphatic heterocycles. The lowest BCUT2D eigenvalue weighted by atomic mass is 10.1. The molecular formula is C21H20F4N8O3. The largest absolute Gasteiger partial charge is 0.419 e. The van der Waals surface area contributed by atoms with Crippen molar-refractivity contribution >= 4 is 34.6 Å². The summed E-state index contributed by atoms with van der Waals surface area (Å²) in [6, 6.07) is 1.75. The summed E-state index contributed by atoms with van der Waals surface area (Å²) >= 11 is 0. The van der Waals surface area contributed by atoms with Crippen molar-refractivity contribution in [3.63, 3.8) is 0 Å². The third-order valence-electron chi connectivity index (χ3n) is 5.66. The number of carbonyl (C=O) groups is 3. The first kappa shape index (κ1) is 24.8. The van der Waals surface area contributed by atoms with Crippen LogP contribution in [-0.2, 0) is 22.3 Å². The van der Waals surface area contributed by atoms with E-state index in [2.05, 4.69) is 30.8 Å². The van der Waals surface area contributed by atoms with Gasteiger partial charge in [-0.1, -0.05) is 6.07 Å². The lowest BCUT2D eigenvalue weighted by molar-refractivity contribution is -0.140. The smallest absolute Gasteiger partial charge is 0.368 e. The monoisotopic (exact) mass is 508 g/mol. The second kappa shape index (κ2) is 9.75.